The molecule has 164 valence electrons. The molecule has 1 amide bonds. The molecule has 1 aliphatic carbocycles. The Morgan fingerprint density at radius 1 is 1.07 bits per heavy atom. The van der Waals surface area contributed by atoms with Crippen LogP contribution in [0.2, 0.25) is 0 Å². The molecule has 1 saturated carbocycles. The summed E-state index contributed by atoms with van der Waals surface area (Å²) in [7, 11) is 0. The highest BCUT2D eigenvalue weighted by Crippen LogP contribution is 2.43. The van der Waals surface area contributed by atoms with Crippen molar-refractivity contribution in [3.8, 4) is 0 Å². The van der Waals surface area contributed by atoms with E-state index in [-0.39, 0.29) is 18.8 Å². The molecule has 1 N–H and O–H groups in total. The van der Waals surface area contributed by atoms with Crippen LogP contribution in [-0.2, 0) is 14.3 Å². The van der Waals surface area contributed by atoms with Crippen LogP contribution in [-0.4, -0.2) is 72.5 Å². The molecule has 2 atom stereocenters. The van der Waals surface area contributed by atoms with Gasteiger partial charge in [-0.05, 0) is 82.4 Å². The molecule has 0 bridgehead atoms. The van der Waals surface area contributed by atoms with Crippen molar-refractivity contribution >= 4 is 5.91 Å². The van der Waals surface area contributed by atoms with Gasteiger partial charge in [0.1, 0.15) is 0 Å². The van der Waals surface area contributed by atoms with Gasteiger partial charge in [0, 0.05) is 32.2 Å². The van der Waals surface area contributed by atoms with E-state index in [4.69, 9.17) is 14.6 Å². The molecule has 6 heteroatoms. The molecule has 0 aromatic rings. The SMILES string of the molecule is O=C(C1=C[C@H](C2CC2)C[C@H](OCCCCO)O1)N1CCC(N2CCCCC2)CC1. The third kappa shape index (κ3) is 5.74. The van der Waals surface area contributed by atoms with Gasteiger partial charge in [-0.15, -0.1) is 0 Å². The standard InChI is InChI=1S/C23H38N2O4/c26-14-4-5-15-28-22-17-19(18-6-7-18)16-21(29-22)23(27)25-12-8-20(9-13-25)24-10-2-1-3-11-24/h16,18-20,22,26H,1-15,17H2/t19-,22+/m0/s1. The summed E-state index contributed by atoms with van der Waals surface area (Å²) >= 11 is 0. The van der Waals surface area contributed by atoms with Crippen LogP contribution in [0.4, 0.5) is 0 Å². The lowest BCUT2D eigenvalue weighted by molar-refractivity contribution is -0.156. The molecule has 3 aliphatic heterocycles. The van der Waals surface area contributed by atoms with E-state index in [9.17, 15) is 4.79 Å². The van der Waals surface area contributed by atoms with Crippen molar-refractivity contribution in [2.75, 3.05) is 39.4 Å². The first kappa shape index (κ1) is 21.1. The van der Waals surface area contributed by atoms with Gasteiger partial charge in [-0.3, -0.25) is 4.79 Å². The lowest BCUT2D eigenvalue weighted by Gasteiger charge is -2.40. The number of unbranched alkanes of at least 4 members (excludes halogenated alkanes) is 1. The van der Waals surface area contributed by atoms with Gasteiger partial charge in [0.2, 0.25) is 6.29 Å². The van der Waals surface area contributed by atoms with Crippen LogP contribution >= 0.6 is 0 Å². The lowest BCUT2D eigenvalue weighted by Crippen LogP contribution is -2.49. The van der Waals surface area contributed by atoms with E-state index in [0.717, 1.165) is 45.2 Å². The van der Waals surface area contributed by atoms with Crippen molar-refractivity contribution < 1.29 is 19.4 Å². The smallest absolute Gasteiger partial charge is 0.288 e. The number of allylic oxidation sites excluding steroid dienone is 1. The van der Waals surface area contributed by atoms with Crippen LogP contribution in [0, 0.1) is 11.8 Å². The number of rotatable bonds is 8. The van der Waals surface area contributed by atoms with E-state index < -0.39 is 0 Å². The molecule has 0 spiro atoms. The number of carbonyl (C=O) groups is 1. The molecule has 29 heavy (non-hydrogen) atoms. The fraction of sp³-hybridized carbons (Fsp3) is 0.870. The van der Waals surface area contributed by atoms with Gasteiger partial charge in [-0.2, -0.15) is 0 Å². The zero-order chi connectivity index (χ0) is 20.1. The summed E-state index contributed by atoms with van der Waals surface area (Å²) in [5.74, 6) is 1.65. The lowest BCUT2D eigenvalue weighted by atomic mass is 9.95. The second kappa shape index (κ2) is 10.3. The van der Waals surface area contributed by atoms with E-state index in [0.29, 0.717) is 30.2 Å². The quantitative estimate of drug-likeness (QED) is 0.628. The summed E-state index contributed by atoms with van der Waals surface area (Å²) < 4.78 is 11.9. The summed E-state index contributed by atoms with van der Waals surface area (Å²) in [5.41, 5.74) is 0. The largest absolute Gasteiger partial charge is 0.459 e. The molecule has 2 saturated heterocycles. The second-order valence-electron chi connectivity index (χ2n) is 9.24. The van der Waals surface area contributed by atoms with Crippen molar-refractivity contribution in [3.05, 3.63) is 11.8 Å². The minimum atomic E-state index is -0.325. The Morgan fingerprint density at radius 3 is 2.52 bits per heavy atom. The highest BCUT2D eigenvalue weighted by molar-refractivity contribution is 5.91. The second-order valence-corrected chi connectivity index (χ2v) is 9.24. The summed E-state index contributed by atoms with van der Waals surface area (Å²) in [4.78, 5) is 17.8. The maximum atomic E-state index is 13.2. The third-order valence-corrected chi connectivity index (χ3v) is 7.04. The molecule has 4 aliphatic rings. The number of aliphatic hydroxyl groups excluding tert-OH is 1. The number of piperidine rings is 2. The highest BCUT2D eigenvalue weighted by Gasteiger charge is 2.38. The predicted molar refractivity (Wildman–Crippen MR) is 111 cm³/mol. The predicted octanol–water partition coefficient (Wildman–Crippen LogP) is 2.91. The molecule has 0 aromatic heterocycles. The van der Waals surface area contributed by atoms with Gasteiger partial charge >= 0.3 is 0 Å². The molecule has 3 heterocycles. The molecular formula is C23H38N2O4. The molecule has 4 rings (SSSR count). The average molecular weight is 407 g/mol. The van der Waals surface area contributed by atoms with Gasteiger partial charge in [-0.25, -0.2) is 0 Å². The van der Waals surface area contributed by atoms with Crippen LogP contribution in [0.1, 0.15) is 64.2 Å². The third-order valence-electron chi connectivity index (χ3n) is 7.04. The fourth-order valence-electron chi connectivity index (χ4n) is 5.09. The number of hydrogen-bond donors (Lipinski definition) is 1. The molecule has 0 radical (unpaired) electrons. The van der Waals surface area contributed by atoms with Crippen LogP contribution in [0.5, 0.6) is 0 Å². The maximum Gasteiger partial charge on any atom is 0.288 e. The highest BCUT2D eigenvalue weighted by atomic mass is 16.7. The summed E-state index contributed by atoms with van der Waals surface area (Å²) in [6.07, 6.45) is 12.8. The van der Waals surface area contributed by atoms with E-state index in [2.05, 4.69) is 11.0 Å². The van der Waals surface area contributed by atoms with Crippen molar-refractivity contribution in [2.24, 2.45) is 11.8 Å². The minimum Gasteiger partial charge on any atom is -0.459 e. The topological polar surface area (TPSA) is 62.2 Å². The molecule has 3 fully saturated rings. The zero-order valence-electron chi connectivity index (χ0n) is 17.8. The Kier molecular flexibility index (Phi) is 7.49. The first-order chi connectivity index (χ1) is 14.2. The van der Waals surface area contributed by atoms with Gasteiger partial charge in [0.05, 0.1) is 6.61 Å². The zero-order valence-corrected chi connectivity index (χ0v) is 17.8. The van der Waals surface area contributed by atoms with E-state index in [1.165, 1.54) is 45.2 Å². The van der Waals surface area contributed by atoms with Crippen molar-refractivity contribution in [3.63, 3.8) is 0 Å². The molecule has 0 aromatic carbocycles. The maximum absolute atomic E-state index is 13.2. The number of amides is 1. The number of ether oxygens (including phenoxy) is 2. The fourth-order valence-corrected chi connectivity index (χ4v) is 5.09. The van der Waals surface area contributed by atoms with E-state index in [1.807, 2.05) is 4.90 Å². The molecular weight excluding hydrogens is 368 g/mol. The molecule has 0 unspecified atom stereocenters. The van der Waals surface area contributed by atoms with Crippen LogP contribution in [0.25, 0.3) is 0 Å². The Hall–Kier alpha value is -1.11. The van der Waals surface area contributed by atoms with Gasteiger partial charge < -0.3 is 24.4 Å². The number of nitrogens with zero attached hydrogens (tertiary/aromatic N) is 2. The van der Waals surface area contributed by atoms with E-state index >= 15 is 0 Å². The Morgan fingerprint density at radius 2 is 1.83 bits per heavy atom. The molecule has 6 nitrogen and oxygen atoms in total. The first-order valence-electron chi connectivity index (χ1n) is 11.9. The minimum absolute atomic E-state index is 0.0522. The van der Waals surface area contributed by atoms with Crippen molar-refractivity contribution in [1.82, 2.24) is 9.80 Å². The van der Waals surface area contributed by atoms with Crippen LogP contribution in [0.15, 0.2) is 11.8 Å². The van der Waals surface area contributed by atoms with Crippen LogP contribution in [0.3, 0.4) is 0 Å². The Bertz CT molecular complexity index is 563. The first-order valence-corrected chi connectivity index (χ1v) is 11.9. The average Bonchev–Trinajstić information content (AvgIpc) is 3.62. The van der Waals surface area contributed by atoms with E-state index in [1.54, 1.807) is 0 Å². The van der Waals surface area contributed by atoms with Gasteiger partial charge in [0.25, 0.3) is 5.91 Å². The number of likely N-dealkylation sites (tertiary alicyclic amines) is 2. The van der Waals surface area contributed by atoms with Gasteiger partial charge in [0.15, 0.2) is 5.76 Å². The summed E-state index contributed by atoms with van der Waals surface area (Å²) in [6, 6.07) is 0.641. The van der Waals surface area contributed by atoms with Crippen molar-refractivity contribution in [1.29, 1.82) is 0 Å². The van der Waals surface area contributed by atoms with Crippen molar-refractivity contribution in [2.45, 2.75) is 76.5 Å². The Balaban J connectivity index is 1.30. The number of aliphatic hydroxyl groups is 1. The van der Waals surface area contributed by atoms with Crippen LogP contribution < -0.4 is 0 Å². The summed E-state index contributed by atoms with van der Waals surface area (Å²) in [6.45, 7) is 4.88. The number of hydrogen-bond acceptors (Lipinski definition) is 5. The van der Waals surface area contributed by atoms with Gasteiger partial charge in [-0.1, -0.05) is 6.42 Å². The summed E-state index contributed by atoms with van der Waals surface area (Å²) in [5, 5.41) is 8.94. The normalized spacial score (nSPS) is 29.4. The Labute approximate surface area is 175 Å². The number of carbonyl (C=O) groups excluding carboxylic acids is 1. The monoisotopic (exact) mass is 406 g/mol.